The van der Waals surface area contributed by atoms with Crippen LogP contribution in [0.5, 0.6) is 0 Å². The van der Waals surface area contributed by atoms with Crippen molar-refractivity contribution in [1.82, 2.24) is 4.90 Å². The molecule has 2 heterocycles. The second kappa shape index (κ2) is 11.4. The molecule has 0 unspecified atom stereocenters. The maximum atomic E-state index is 14.3. The van der Waals surface area contributed by atoms with Crippen LogP contribution in [-0.2, 0) is 22.7 Å². The van der Waals surface area contributed by atoms with Gasteiger partial charge in [0.05, 0.1) is 24.7 Å². The highest BCUT2D eigenvalue weighted by Crippen LogP contribution is 2.21. The molecule has 1 aromatic heterocycles. The number of nitrogens with zero attached hydrogens (tertiary/aromatic N) is 2. The van der Waals surface area contributed by atoms with E-state index < -0.39 is 17.7 Å². The van der Waals surface area contributed by atoms with E-state index in [2.05, 4.69) is 5.16 Å². The summed E-state index contributed by atoms with van der Waals surface area (Å²) in [7, 11) is 0. The molecule has 0 aliphatic carbocycles. The van der Waals surface area contributed by atoms with Gasteiger partial charge in [0.25, 0.3) is 0 Å². The summed E-state index contributed by atoms with van der Waals surface area (Å²) in [6.45, 7) is 3.16. The number of aryl methyl sites for hydroxylation is 1. The quantitative estimate of drug-likeness (QED) is 0.449. The molecule has 1 aliphatic heterocycles. The molecule has 4 rings (SSSR count). The zero-order valence-electron chi connectivity index (χ0n) is 19.0. The molecule has 6 nitrogen and oxygen atoms in total. The normalized spacial score (nSPS) is 16.5. The lowest BCUT2D eigenvalue weighted by atomic mass is 10.00. The molecular weight excluding hydrogens is 442 g/mol. The Kier molecular flexibility index (Phi) is 8.05. The van der Waals surface area contributed by atoms with Gasteiger partial charge in [-0.05, 0) is 30.7 Å². The highest BCUT2D eigenvalue weighted by atomic mass is 19.1. The average molecular weight is 471 g/mol. The Morgan fingerprint density at radius 1 is 1.18 bits per heavy atom. The Labute approximate surface area is 197 Å². The molecule has 1 aliphatic rings. The Hall–Kier alpha value is -3.07. The molecule has 34 heavy (non-hydrogen) atoms. The molecule has 0 bridgehead atoms. The van der Waals surface area contributed by atoms with Crippen LogP contribution in [0.15, 0.2) is 70.4 Å². The molecule has 0 spiro atoms. The number of furan rings is 1. The predicted octanol–water partition coefficient (Wildman–Crippen LogP) is 4.44. The van der Waals surface area contributed by atoms with E-state index in [1.165, 1.54) is 12.1 Å². The van der Waals surface area contributed by atoms with Crippen LogP contribution in [0.4, 0.5) is 8.78 Å². The van der Waals surface area contributed by atoms with Crippen LogP contribution in [0.3, 0.4) is 0 Å². The fraction of sp³-hybridized carbons (Fsp3) is 0.346. The fourth-order valence-corrected chi connectivity index (χ4v) is 4.01. The molecule has 3 aromatic rings. The van der Waals surface area contributed by atoms with Crippen LogP contribution in [0.25, 0.3) is 0 Å². The molecule has 2 atom stereocenters. The summed E-state index contributed by atoms with van der Waals surface area (Å²) in [6.07, 6.45) is 1.08. The van der Waals surface area contributed by atoms with Gasteiger partial charge in [-0.15, -0.1) is 0 Å². The van der Waals surface area contributed by atoms with E-state index in [9.17, 15) is 13.9 Å². The van der Waals surface area contributed by atoms with Gasteiger partial charge in [0.2, 0.25) is 0 Å². The van der Waals surface area contributed by atoms with Gasteiger partial charge in [0, 0.05) is 43.2 Å². The SMILES string of the molecule is Cc1ccccc1C1=NO[C@@H](CN(Cc2ccc(F)cc2F)C[C@@H](O)COCc2ccco2)C1. The third-order valence-corrected chi connectivity index (χ3v) is 5.66. The van der Waals surface area contributed by atoms with Crippen molar-refractivity contribution in [2.24, 2.45) is 5.16 Å². The Bertz CT molecular complexity index is 1100. The summed E-state index contributed by atoms with van der Waals surface area (Å²) in [5.74, 6) is -0.593. The van der Waals surface area contributed by atoms with Gasteiger partial charge >= 0.3 is 0 Å². The number of oxime groups is 1. The Morgan fingerprint density at radius 3 is 2.79 bits per heavy atom. The number of rotatable bonds is 11. The van der Waals surface area contributed by atoms with Crippen molar-refractivity contribution in [1.29, 1.82) is 0 Å². The summed E-state index contributed by atoms with van der Waals surface area (Å²) in [4.78, 5) is 7.54. The summed E-state index contributed by atoms with van der Waals surface area (Å²) >= 11 is 0. The van der Waals surface area contributed by atoms with Gasteiger partial charge in [-0.25, -0.2) is 8.78 Å². The van der Waals surface area contributed by atoms with Gasteiger partial charge in [0.15, 0.2) is 0 Å². The minimum absolute atomic E-state index is 0.0829. The molecule has 0 fully saturated rings. The molecule has 0 saturated heterocycles. The maximum absolute atomic E-state index is 14.3. The van der Waals surface area contributed by atoms with E-state index in [4.69, 9.17) is 14.0 Å². The van der Waals surface area contributed by atoms with Gasteiger partial charge in [-0.1, -0.05) is 35.5 Å². The Morgan fingerprint density at radius 2 is 2.03 bits per heavy atom. The van der Waals surface area contributed by atoms with E-state index in [1.54, 1.807) is 18.4 Å². The second-order valence-electron chi connectivity index (χ2n) is 8.46. The molecule has 1 N–H and O–H groups in total. The first-order chi connectivity index (χ1) is 16.5. The van der Waals surface area contributed by atoms with Crippen LogP contribution < -0.4 is 0 Å². The molecule has 0 saturated carbocycles. The number of aliphatic hydroxyl groups excluding tert-OH is 1. The van der Waals surface area contributed by atoms with Crippen LogP contribution in [0.2, 0.25) is 0 Å². The van der Waals surface area contributed by atoms with Crippen LogP contribution in [0, 0.1) is 18.6 Å². The van der Waals surface area contributed by atoms with Crippen molar-refractivity contribution in [2.75, 3.05) is 19.7 Å². The molecule has 180 valence electrons. The summed E-state index contributed by atoms with van der Waals surface area (Å²) in [5, 5.41) is 14.8. The standard InChI is InChI=1S/C26H28F2N2O4/c1-18-5-2-3-7-24(18)26-12-23(34-29-26)15-30(13-19-8-9-20(27)11-25(19)28)14-21(31)16-32-17-22-6-4-10-33-22/h2-11,21,23,31H,12-17H2,1H3/t21-,23-/m1/s1. The highest BCUT2D eigenvalue weighted by Gasteiger charge is 2.27. The average Bonchev–Trinajstić information content (AvgIpc) is 3.48. The lowest BCUT2D eigenvalue weighted by molar-refractivity contribution is -0.00976. The number of hydrogen-bond donors (Lipinski definition) is 1. The third kappa shape index (κ3) is 6.50. The zero-order chi connectivity index (χ0) is 23.9. The maximum Gasteiger partial charge on any atom is 0.145 e. The smallest absolute Gasteiger partial charge is 0.145 e. The lowest BCUT2D eigenvalue weighted by Gasteiger charge is -2.27. The van der Waals surface area contributed by atoms with Gasteiger partial charge in [-0.3, -0.25) is 4.90 Å². The number of hydrogen-bond acceptors (Lipinski definition) is 6. The Balaban J connectivity index is 1.38. The second-order valence-corrected chi connectivity index (χ2v) is 8.46. The molecule has 8 heteroatoms. The molecule has 0 radical (unpaired) electrons. The van der Waals surface area contributed by atoms with Crippen LogP contribution in [0.1, 0.15) is 28.9 Å². The monoisotopic (exact) mass is 470 g/mol. The van der Waals surface area contributed by atoms with E-state index in [0.717, 1.165) is 22.9 Å². The fourth-order valence-electron chi connectivity index (χ4n) is 4.01. The van der Waals surface area contributed by atoms with Gasteiger partial charge in [-0.2, -0.15) is 0 Å². The number of aliphatic hydroxyl groups is 1. The zero-order valence-corrected chi connectivity index (χ0v) is 19.0. The van der Waals surface area contributed by atoms with Gasteiger partial charge < -0.3 is 19.1 Å². The summed E-state index contributed by atoms with van der Waals surface area (Å²) in [6, 6.07) is 15.0. The summed E-state index contributed by atoms with van der Waals surface area (Å²) < 4.78 is 38.5. The highest BCUT2D eigenvalue weighted by molar-refractivity contribution is 6.02. The first kappa shape index (κ1) is 24.1. The van der Waals surface area contributed by atoms with Crippen molar-refractivity contribution in [3.8, 4) is 0 Å². The molecular formula is C26H28F2N2O4. The van der Waals surface area contributed by atoms with Crippen molar-refractivity contribution >= 4 is 5.71 Å². The van der Waals surface area contributed by atoms with E-state index in [1.807, 2.05) is 36.1 Å². The topological polar surface area (TPSA) is 67.4 Å². The van der Waals surface area contributed by atoms with Crippen molar-refractivity contribution in [3.63, 3.8) is 0 Å². The van der Waals surface area contributed by atoms with E-state index in [0.29, 0.717) is 24.3 Å². The minimum atomic E-state index is -0.823. The van der Waals surface area contributed by atoms with E-state index >= 15 is 0 Å². The van der Waals surface area contributed by atoms with E-state index in [-0.39, 0.29) is 32.4 Å². The number of benzene rings is 2. The molecule has 0 amide bonds. The van der Waals surface area contributed by atoms with Crippen LogP contribution >= 0.6 is 0 Å². The first-order valence-electron chi connectivity index (χ1n) is 11.2. The first-order valence-corrected chi connectivity index (χ1v) is 11.2. The third-order valence-electron chi connectivity index (χ3n) is 5.66. The van der Waals surface area contributed by atoms with Crippen molar-refractivity contribution in [2.45, 2.75) is 38.7 Å². The largest absolute Gasteiger partial charge is 0.467 e. The lowest BCUT2D eigenvalue weighted by Crippen LogP contribution is -2.39. The minimum Gasteiger partial charge on any atom is -0.467 e. The number of halogens is 2. The van der Waals surface area contributed by atoms with Crippen molar-refractivity contribution in [3.05, 3.63) is 94.9 Å². The van der Waals surface area contributed by atoms with Gasteiger partial charge in [0.1, 0.15) is 30.1 Å². The van der Waals surface area contributed by atoms with Crippen LogP contribution in [-0.4, -0.2) is 47.6 Å². The molecule has 2 aromatic carbocycles. The predicted molar refractivity (Wildman–Crippen MR) is 123 cm³/mol. The summed E-state index contributed by atoms with van der Waals surface area (Å²) in [5.41, 5.74) is 3.34. The van der Waals surface area contributed by atoms with Crippen molar-refractivity contribution < 1.29 is 27.9 Å². The number of ether oxygens (including phenoxy) is 1.